The summed E-state index contributed by atoms with van der Waals surface area (Å²) < 4.78 is 0. The Labute approximate surface area is 122 Å². The second-order valence-corrected chi connectivity index (χ2v) is 5.53. The molecular formula is C16H27ClN2. The molecule has 1 aromatic carbocycles. The molecule has 1 aromatic rings. The standard InChI is InChI=1S/C16H27ClN2/c1-4-6-11-19(13(3)5-2)15-8-7-14(9-10-18)16(17)12-15/h7-8,12-13H,4-6,9-11,18H2,1-3H3. The Morgan fingerprint density at radius 3 is 2.58 bits per heavy atom. The van der Waals surface area contributed by atoms with Crippen LogP contribution in [0.3, 0.4) is 0 Å². The maximum absolute atomic E-state index is 6.35. The Kier molecular flexibility index (Phi) is 7.25. The summed E-state index contributed by atoms with van der Waals surface area (Å²) in [6, 6.07) is 6.93. The molecule has 2 N–H and O–H groups in total. The largest absolute Gasteiger partial charge is 0.369 e. The highest BCUT2D eigenvalue weighted by atomic mass is 35.5. The molecular weight excluding hydrogens is 256 g/mol. The summed E-state index contributed by atoms with van der Waals surface area (Å²) in [6.07, 6.45) is 4.42. The highest BCUT2D eigenvalue weighted by Gasteiger charge is 2.13. The first-order chi connectivity index (χ1) is 9.13. The number of rotatable bonds is 8. The molecule has 0 saturated carbocycles. The quantitative estimate of drug-likeness (QED) is 0.772. The average molecular weight is 283 g/mol. The van der Waals surface area contributed by atoms with Crippen LogP contribution in [0.1, 0.15) is 45.6 Å². The molecule has 0 aromatic heterocycles. The molecule has 1 rings (SSSR count). The molecule has 0 radical (unpaired) electrons. The third kappa shape index (κ3) is 4.70. The van der Waals surface area contributed by atoms with Crippen LogP contribution in [0, 0.1) is 0 Å². The molecule has 1 atom stereocenters. The van der Waals surface area contributed by atoms with Crippen molar-refractivity contribution in [3.8, 4) is 0 Å². The summed E-state index contributed by atoms with van der Waals surface area (Å²) in [4.78, 5) is 2.46. The maximum atomic E-state index is 6.35. The average Bonchev–Trinajstić information content (AvgIpc) is 2.41. The van der Waals surface area contributed by atoms with Gasteiger partial charge < -0.3 is 10.6 Å². The second-order valence-electron chi connectivity index (χ2n) is 5.12. The molecule has 1 unspecified atom stereocenters. The number of nitrogens with zero attached hydrogens (tertiary/aromatic N) is 1. The van der Waals surface area contributed by atoms with E-state index in [0.29, 0.717) is 12.6 Å². The topological polar surface area (TPSA) is 29.3 Å². The van der Waals surface area contributed by atoms with Gasteiger partial charge in [-0.1, -0.05) is 37.9 Å². The van der Waals surface area contributed by atoms with Crippen LogP contribution in [-0.4, -0.2) is 19.1 Å². The van der Waals surface area contributed by atoms with Gasteiger partial charge in [-0.25, -0.2) is 0 Å². The maximum Gasteiger partial charge on any atom is 0.0459 e. The molecule has 0 aliphatic carbocycles. The number of benzene rings is 1. The van der Waals surface area contributed by atoms with Crippen molar-refractivity contribution in [1.82, 2.24) is 0 Å². The Morgan fingerprint density at radius 1 is 1.32 bits per heavy atom. The van der Waals surface area contributed by atoms with Gasteiger partial charge in [-0.15, -0.1) is 0 Å². The predicted octanol–water partition coefficient (Wildman–Crippen LogP) is 4.25. The summed E-state index contributed by atoms with van der Waals surface area (Å²) in [5, 5.41) is 0.841. The number of anilines is 1. The van der Waals surface area contributed by atoms with Crippen molar-refractivity contribution in [2.45, 2.75) is 52.5 Å². The van der Waals surface area contributed by atoms with Crippen molar-refractivity contribution in [3.63, 3.8) is 0 Å². The Morgan fingerprint density at radius 2 is 2.05 bits per heavy atom. The lowest BCUT2D eigenvalue weighted by atomic mass is 10.1. The fourth-order valence-corrected chi connectivity index (χ4v) is 2.50. The normalized spacial score (nSPS) is 12.5. The summed E-state index contributed by atoms with van der Waals surface area (Å²) in [5.41, 5.74) is 7.97. The first kappa shape index (κ1) is 16.3. The van der Waals surface area contributed by atoms with Crippen molar-refractivity contribution in [3.05, 3.63) is 28.8 Å². The predicted molar refractivity (Wildman–Crippen MR) is 86.2 cm³/mol. The number of halogens is 1. The van der Waals surface area contributed by atoms with Gasteiger partial charge in [0.15, 0.2) is 0 Å². The third-order valence-electron chi connectivity index (χ3n) is 3.66. The van der Waals surface area contributed by atoms with Crippen LogP contribution in [0.2, 0.25) is 5.02 Å². The fraction of sp³-hybridized carbons (Fsp3) is 0.625. The minimum atomic E-state index is 0.544. The van der Waals surface area contributed by atoms with Crippen LogP contribution in [0.5, 0.6) is 0 Å². The van der Waals surface area contributed by atoms with E-state index in [9.17, 15) is 0 Å². The smallest absolute Gasteiger partial charge is 0.0459 e. The van der Waals surface area contributed by atoms with Crippen LogP contribution in [0.25, 0.3) is 0 Å². The third-order valence-corrected chi connectivity index (χ3v) is 4.01. The van der Waals surface area contributed by atoms with E-state index in [0.717, 1.165) is 30.0 Å². The summed E-state index contributed by atoms with van der Waals surface area (Å²) in [6.45, 7) is 8.47. The highest BCUT2D eigenvalue weighted by Crippen LogP contribution is 2.26. The van der Waals surface area contributed by atoms with E-state index < -0.39 is 0 Å². The number of nitrogens with two attached hydrogens (primary N) is 1. The van der Waals surface area contributed by atoms with Crippen molar-refractivity contribution in [1.29, 1.82) is 0 Å². The second kappa shape index (κ2) is 8.44. The molecule has 0 amide bonds. The van der Waals surface area contributed by atoms with E-state index in [4.69, 9.17) is 17.3 Å². The molecule has 0 aliphatic heterocycles. The van der Waals surface area contributed by atoms with Gasteiger partial charge in [-0.05, 0) is 50.4 Å². The molecule has 0 saturated heterocycles. The van der Waals surface area contributed by atoms with Gasteiger partial charge in [-0.2, -0.15) is 0 Å². The van der Waals surface area contributed by atoms with Crippen molar-refractivity contribution in [2.24, 2.45) is 5.73 Å². The zero-order valence-electron chi connectivity index (χ0n) is 12.5. The lowest BCUT2D eigenvalue weighted by Gasteiger charge is -2.31. The van der Waals surface area contributed by atoms with E-state index >= 15 is 0 Å². The monoisotopic (exact) mass is 282 g/mol. The zero-order valence-corrected chi connectivity index (χ0v) is 13.2. The Balaban J connectivity index is 2.92. The summed E-state index contributed by atoms with van der Waals surface area (Å²) >= 11 is 6.35. The number of hydrogen-bond donors (Lipinski definition) is 1. The van der Waals surface area contributed by atoms with Gasteiger partial charge in [0.25, 0.3) is 0 Å². The van der Waals surface area contributed by atoms with Crippen LogP contribution in [0.15, 0.2) is 18.2 Å². The lowest BCUT2D eigenvalue weighted by molar-refractivity contribution is 0.596. The Hall–Kier alpha value is -0.730. The Bertz CT molecular complexity index is 379. The first-order valence-corrected chi connectivity index (χ1v) is 7.76. The van der Waals surface area contributed by atoms with Gasteiger partial charge in [0.2, 0.25) is 0 Å². The van der Waals surface area contributed by atoms with Gasteiger partial charge in [0, 0.05) is 23.3 Å². The van der Waals surface area contributed by atoms with Crippen LogP contribution < -0.4 is 10.6 Å². The van der Waals surface area contributed by atoms with E-state index in [-0.39, 0.29) is 0 Å². The fourth-order valence-electron chi connectivity index (χ4n) is 2.23. The molecule has 0 aliphatic rings. The van der Waals surface area contributed by atoms with E-state index in [1.54, 1.807) is 0 Å². The van der Waals surface area contributed by atoms with Gasteiger partial charge in [0.05, 0.1) is 0 Å². The van der Waals surface area contributed by atoms with Crippen molar-refractivity contribution < 1.29 is 0 Å². The first-order valence-electron chi connectivity index (χ1n) is 7.39. The van der Waals surface area contributed by atoms with Gasteiger partial charge >= 0.3 is 0 Å². The SMILES string of the molecule is CCCCN(c1ccc(CCN)c(Cl)c1)C(C)CC. The molecule has 3 heteroatoms. The van der Waals surface area contributed by atoms with E-state index in [1.807, 2.05) is 0 Å². The van der Waals surface area contributed by atoms with Gasteiger partial charge in [0.1, 0.15) is 0 Å². The minimum absolute atomic E-state index is 0.544. The van der Waals surface area contributed by atoms with Crippen molar-refractivity contribution >= 4 is 17.3 Å². The highest BCUT2D eigenvalue weighted by molar-refractivity contribution is 6.31. The molecule has 0 fully saturated rings. The van der Waals surface area contributed by atoms with Crippen LogP contribution in [-0.2, 0) is 6.42 Å². The summed E-state index contributed by atoms with van der Waals surface area (Å²) in [5.74, 6) is 0. The molecule has 0 heterocycles. The molecule has 0 spiro atoms. The van der Waals surface area contributed by atoms with E-state index in [1.165, 1.54) is 18.5 Å². The zero-order chi connectivity index (χ0) is 14.3. The van der Waals surface area contributed by atoms with E-state index in [2.05, 4.69) is 43.9 Å². The molecule has 108 valence electrons. The summed E-state index contributed by atoms with van der Waals surface area (Å²) in [7, 11) is 0. The minimum Gasteiger partial charge on any atom is -0.369 e. The van der Waals surface area contributed by atoms with Gasteiger partial charge in [-0.3, -0.25) is 0 Å². The molecule has 0 bridgehead atoms. The van der Waals surface area contributed by atoms with Crippen LogP contribution >= 0.6 is 11.6 Å². The lowest BCUT2D eigenvalue weighted by Crippen LogP contribution is -2.33. The number of hydrogen-bond acceptors (Lipinski definition) is 2. The van der Waals surface area contributed by atoms with Crippen molar-refractivity contribution in [2.75, 3.05) is 18.0 Å². The number of unbranched alkanes of at least 4 members (excludes halogenated alkanes) is 1. The molecule has 2 nitrogen and oxygen atoms in total. The van der Waals surface area contributed by atoms with Crippen LogP contribution in [0.4, 0.5) is 5.69 Å². The molecule has 19 heavy (non-hydrogen) atoms.